The van der Waals surface area contributed by atoms with E-state index in [0.717, 1.165) is 23.4 Å². The molecule has 0 radical (unpaired) electrons. The molecule has 5 unspecified atom stereocenters. The fourth-order valence-corrected chi connectivity index (χ4v) is 17.5. The van der Waals surface area contributed by atoms with Gasteiger partial charge in [-0.15, -0.1) is 0 Å². The molecule has 2 heteroatoms. The van der Waals surface area contributed by atoms with E-state index in [9.17, 15) is 0 Å². The number of nitrogens with zero attached hydrogens (tertiary/aromatic N) is 1. The summed E-state index contributed by atoms with van der Waals surface area (Å²) >= 11 is 0. The lowest BCUT2D eigenvalue weighted by Gasteiger charge is -2.56. The van der Waals surface area contributed by atoms with Gasteiger partial charge in [-0.3, -0.25) is 0 Å². The summed E-state index contributed by atoms with van der Waals surface area (Å²) in [5.41, 5.74) is 11.2. The standard InChI is InChI=1S/C40H63NSi/c1-25-26(2)36(42(12,13)41(37(3,4)5)27-17-15-14-16-18-27)31-21-29-30-23-34-35(39(8,9)20-19-38(34,6)7)24-33(30)40(10,11)32(29)22-28(25)31/h21-28,31,36H,14-20H2,1-13H3. The second kappa shape index (κ2) is 9.69. The predicted molar refractivity (Wildman–Crippen MR) is 186 cm³/mol. The summed E-state index contributed by atoms with van der Waals surface area (Å²) in [6, 6.07) is 6.13. The molecule has 232 valence electrons. The molecular weight excluding hydrogens is 523 g/mol. The van der Waals surface area contributed by atoms with Crippen LogP contribution in [0, 0.1) is 23.7 Å². The Morgan fingerprint density at radius 2 is 1.31 bits per heavy atom. The quantitative estimate of drug-likeness (QED) is 0.319. The minimum absolute atomic E-state index is 0.0758. The fraction of sp³-hybridized carbons (Fsp3) is 0.750. The molecule has 2 saturated carbocycles. The van der Waals surface area contributed by atoms with E-state index in [1.165, 1.54) is 44.9 Å². The van der Waals surface area contributed by atoms with Crippen LogP contribution in [0.2, 0.25) is 18.6 Å². The smallest absolute Gasteiger partial charge is 0.127 e. The highest BCUT2D eigenvalue weighted by atomic mass is 28.3. The van der Waals surface area contributed by atoms with Crippen LogP contribution >= 0.6 is 0 Å². The van der Waals surface area contributed by atoms with Crippen LogP contribution in [0.3, 0.4) is 0 Å². The van der Waals surface area contributed by atoms with Crippen LogP contribution in [-0.4, -0.2) is 24.4 Å². The van der Waals surface area contributed by atoms with E-state index in [4.69, 9.17) is 0 Å². The van der Waals surface area contributed by atoms with Gasteiger partial charge >= 0.3 is 0 Å². The highest BCUT2D eigenvalue weighted by molar-refractivity contribution is 6.76. The first-order valence-corrected chi connectivity index (χ1v) is 20.8. The van der Waals surface area contributed by atoms with E-state index in [1.54, 1.807) is 33.4 Å². The van der Waals surface area contributed by atoms with Gasteiger partial charge in [-0.05, 0) is 120 Å². The Labute approximate surface area is 261 Å². The van der Waals surface area contributed by atoms with Gasteiger partial charge in [-0.25, -0.2) is 0 Å². The maximum Gasteiger partial charge on any atom is 0.127 e. The van der Waals surface area contributed by atoms with Gasteiger partial charge in [0.1, 0.15) is 8.24 Å². The molecule has 1 aromatic rings. The summed E-state index contributed by atoms with van der Waals surface area (Å²) < 4.78 is 3.15. The van der Waals surface area contributed by atoms with Crippen molar-refractivity contribution in [3.8, 4) is 0 Å². The van der Waals surface area contributed by atoms with E-state index in [0.29, 0.717) is 11.8 Å². The van der Waals surface area contributed by atoms with Gasteiger partial charge in [0.2, 0.25) is 0 Å². The maximum absolute atomic E-state index is 3.15. The van der Waals surface area contributed by atoms with Crippen molar-refractivity contribution in [1.29, 1.82) is 0 Å². The maximum atomic E-state index is 3.15. The number of hydrogen-bond donors (Lipinski definition) is 0. The van der Waals surface area contributed by atoms with E-state index >= 15 is 0 Å². The summed E-state index contributed by atoms with van der Waals surface area (Å²) in [5, 5.41) is 0. The fourth-order valence-electron chi connectivity index (χ4n) is 11.4. The summed E-state index contributed by atoms with van der Waals surface area (Å²) in [6.45, 7) is 33.4. The molecule has 6 rings (SSSR count). The molecule has 1 nitrogen and oxygen atoms in total. The van der Waals surface area contributed by atoms with Gasteiger partial charge in [0, 0.05) is 17.0 Å². The molecule has 5 atom stereocenters. The molecule has 0 aromatic heterocycles. The summed E-state index contributed by atoms with van der Waals surface area (Å²) in [7, 11) is -1.81. The van der Waals surface area contributed by atoms with Crippen molar-refractivity contribution in [2.75, 3.05) is 0 Å². The molecule has 5 aliphatic rings. The Bertz CT molecular complexity index is 1310. The normalized spacial score (nSPS) is 33.4. The van der Waals surface area contributed by atoms with Crippen LogP contribution in [0.15, 0.2) is 29.9 Å². The Morgan fingerprint density at radius 3 is 1.88 bits per heavy atom. The van der Waals surface area contributed by atoms with Crippen LogP contribution in [-0.2, 0) is 16.2 Å². The van der Waals surface area contributed by atoms with Crippen molar-refractivity contribution in [2.45, 2.75) is 168 Å². The van der Waals surface area contributed by atoms with Crippen LogP contribution in [0.25, 0.3) is 5.57 Å². The summed E-state index contributed by atoms with van der Waals surface area (Å²) in [5.74, 6) is 2.81. The van der Waals surface area contributed by atoms with Crippen molar-refractivity contribution in [3.05, 3.63) is 52.1 Å². The van der Waals surface area contributed by atoms with E-state index in [2.05, 4.69) is 118 Å². The van der Waals surface area contributed by atoms with Gasteiger partial charge in [-0.2, -0.15) is 0 Å². The summed E-state index contributed by atoms with van der Waals surface area (Å²) in [6.07, 6.45) is 15.3. The minimum Gasteiger partial charge on any atom is -0.316 e. The second-order valence-electron chi connectivity index (χ2n) is 18.9. The van der Waals surface area contributed by atoms with E-state index in [1.807, 2.05) is 0 Å². The largest absolute Gasteiger partial charge is 0.316 e. The first-order chi connectivity index (χ1) is 19.3. The van der Waals surface area contributed by atoms with Gasteiger partial charge in [0.15, 0.2) is 0 Å². The van der Waals surface area contributed by atoms with Gasteiger partial charge < -0.3 is 4.57 Å². The number of fused-ring (bicyclic) bond motifs is 5. The van der Waals surface area contributed by atoms with Gasteiger partial charge in [0.25, 0.3) is 0 Å². The third-order valence-electron chi connectivity index (χ3n) is 13.6. The molecule has 42 heavy (non-hydrogen) atoms. The second-order valence-corrected chi connectivity index (χ2v) is 23.3. The topological polar surface area (TPSA) is 3.24 Å². The average molecular weight is 586 g/mol. The van der Waals surface area contributed by atoms with Gasteiger partial charge in [-0.1, -0.05) is 112 Å². The number of rotatable bonds is 3. The number of benzene rings is 1. The molecule has 0 bridgehead atoms. The zero-order valence-corrected chi connectivity index (χ0v) is 30.7. The number of allylic oxidation sites excluding steroid dienone is 4. The molecule has 0 saturated heterocycles. The first-order valence-electron chi connectivity index (χ1n) is 17.7. The Hall–Kier alpha value is -1.12. The molecular formula is C40H63NSi. The summed E-state index contributed by atoms with van der Waals surface area (Å²) in [4.78, 5) is 0. The lowest BCUT2D eigenvalue weighted by atomic mass is 9.62. The predicted octanol–water partition coefficient (Wildman–Crippen LogP) is 11.2. The van der Waals surface area contributed by atoms with Crippen LogP contribution in [0.4, 0.5) is 0 Å². The Balaban J connectivity index is 1.48. The van der Waals surface area contributed by atoms with Crippen LogP contribution in [0.5, 0.6) is 0 Å². The molecule has 1 aromatic carbocycles. The minimum atomic E-state index is -1.81. The Morgan fingerprint density at radius 1 is 0.738 bits per heavy atom. The third-order valence-corrected chi connectivity index (χ3v) is 18.4. The van der Waals surface area contributed by atoms with Crippen molar-refractivity contribution >= 4 is 13.8 Å². The molecule has 0 N–H and O–H groups in total. The average Bonchev–Trinajstić information content (AvgIpc) is 3.26. The zero-order chi connectivity index (χ0) is 30.8. The lowest BCUT2D eigenvalue weighted by Crippen LogP contribution is -2.65. The van der Waals surface area contributed by atoms with Crippen molar-refractivity contribution in [2.24, 2.45) is 23.7 Å². The molecule has 0 amide bonds. The van der Waals surface area contributed by atoms with Crippen LogP contribution < -0.4 is 0 Å². The highest BCUT2D eigenvalue weighted by Gasteiger charge is 2.58. The lowest BCUT2D eigenvalue weighted by molar-refractivity contribution is 0.138. The molecule has 2 fully saturated rings. The van der Waals surface area contributed by atoms with Gasteiger partial charge in [0.05, 0.1) is 0 Å². The first kappa shape index (κ1) is 30.9. The van der Waals surface area contributed by atoms with Crippen LogP contribution in [0.1, 0.15) is 143 Å². The third kappa shape index (κ3) is 4.46. The van der Waals surface area contributed by atoms with E-state index in [-0.39, 0.29) is 21.8 Å². The van der Waals surface area contributed by atoms with Crippen molar-refractivity contribution in [1.82, 2.24) is 4.57 Å². The zero-order valence-electron chi connectivity index (χ0n) is 29.7. The molecule has 0 aliphatic heterocycles. The molecule has 5 aliphatic carbocycles. The number of hydrogen-bond acceptors (Lipinski definition) is 1. The Kier molecular flexibility index (Phi) is 7.12. The van der Waals surface area contributed by atoms with E-state index < -0.39 is 8.24 Å². The van der Waals surface area contributed by atoms with Crippen molar-refractivity contribution < 1.29 is 0 Å². The van der Waals surface area contributed by atoms with Crippen molar-refractivity contribution in [3.63, 3.8) is 0 Å². The highest BCUT2D eigenvalue weighted by Crippen LogP contribution is 2.63. The SMILES string of the molecule is CC1C(C)C([Si](C)(C)N(C2CCCCC2)C(C)(C)C)C2C=C3C(=CC12)C(C)(C)c1cc2c(cc13)C(C)(C)CCC2(C)C. The molecule has 0 heterocycles. The monoisotopic (exact) mass is 585 g/mol. The molecule has 0 spiro atoms.